The number of nitrogens with one attached hydrogen (secondary N) is 1. The van der Waals surface area contributed by atoms with Gasteiger partial charge in [-0.2, -0.15) is 5.26 Å². The van der Waals surface area contributed by atoms with Gasteiger partial charge in [-0.25, -0.2) is 4.79 Å². The van der Waals surface area contributed by atoms with Crippen molar-refractivity contribution in [1.82, 2.24) is 4.98 Å². The van der Waals surface area contributed by atoms with E-state index in [9.17, 15) is 14.9 Å². The summed E-state index contributed by atoms with van der Waals surface area (Å²) in [6.07, 6.45) is 2.81. The van der Waals surface area contributed by atoms with E-state index in [4.69, 9.17) is 9.15 Å². The van der Waals surface area contributed by atoms with E-state index in [-0.39, 0.29) is 11.3 Å². The molecule has 22 heavy (non-hydrogen) atoms. The number of ether oxygens (including phenoxy) is 1. The van der Waals surface area contributed by atoms with Gasteiger partial charge in [-0.15, -0.1) is 0 Å². The van der Waals surface area contributed by atoms with Crippen LogP contribution in [0.4, 0.5) is 0 Å². The van der Waals surface area contributed by atoms with Gasteiger partial charge in [-0.1, -0.05) is 0 Å². The number of allylic oxidation sites excluding steroid dienone is 1. The number of hydrogen-bond donors (Lipinski definition) is 1. The van der Waals surface area contributed by atoms with E-state index in [2.05, 4.69) is 4.98 Å². The fourth-order valence-electron chi connectivity index (χ4n) is 2.18. The predicted octanol–water partition coefficient (Wildman–Crippen LogP) is 2.80. The summed E-state index contributed by atoms with van der Waals surface area (Å²) in [5.41, 5.74) is 1.38. The Hall–Kier alpha value is -3.07. The van der Waals surface area contributed by atoms with Crippen LogP contribution in [0.5, 0.6) is 0 Å². The molecule has 0 aliphatic carbocycles. The van der Waals surface area contributed by atoms with Crippen molar-refractivity contribution in [3.8, 4) is 6.07 Å². The summed E-state index contributed by atoms with van der Waals surface area (Å²) in [7, 11) is 1.27. The highest BCUT2D eigenvalue weighted by molar-refractivity contribution is 6.15. The van der Waals surface area contributed by atoms with Crippen molar-refractivity contribution in [2.75, 3.05) is 7.11 Å². The standard InChI is InChI=1S/C16H14N2O4/c1-9-13(16(20)21-3)10(2)18-14(9)15(19)11(8-17)7-12-5-4-6-22-12/h4-7,18H,1-3H3. The van der Waals surface area contributed by atoms with Gasteiger partial charge < -0.3 is 14.1 Å². The van der Waals surface area contributed by atoms with Crippen molar-refractivity contribution >= 4 is 17.8 Å². The highest BCUT2D eigenvalue weighted by Crippen LogP contribution is 2.22. The van der Waals surface area contributed by atoms with Crippen LogP contribution in [0.2, 0.25) is 0 Å². The second-order valence-corrected chi connectivity index (χ2v) is 4.63. The molecule has 0 radical (unpaired) electrons. The maximum absolute atomic E-state index is 12.5. The topological polar surface area (TPSA) is 96.1 Å². The van der Waals surface area contributed by atoms with Gasteiger partial charge >= 0.3 is 5.97 Å². The molecule has 1 N–H and O–H groups in total. The van der Waals surface area contributed by atoms with Gasteiger partial charge in [0.25, 0.3) is 0 Å². The zero-order chi connectivity index (χ0) is 16.3. The molecule has 0 amide bonds. The molecule has 0 bridgehead atoms. The largest absolute Gasteiger partial charge is 0.465 e. The summed E-state index contributed by atoms with van der Waals surface area (Å²) in [4.78, 5) is 27.1. The van der Waals surface area contributed by atoms with Crippen LogP contribution in [0, 0.1) is 25.2 Å². The number of hydrogen-bond acceptors (Lipinski definition) is 5. The number of furan rings is 1. The van der Waals surface area contributed by atoms with Gasteiger partial charge in [0.2, 0.25) is 5.78 Å². The minimum atomic E-state index is -0.529. The van der Waals surface area contributed by atoms with Gasteiger partial charge in [0.05, 0.1) is 24.6 Å². The molecule has 0 saturated heterocycles. The van der Waals surface area contributed by atoms with E-state index in [1.165, 1.54) is 19.4 Å². The fourth-order valence-corrected chi connectivity index (χ4v) is 2.18. The number of rotatable bonds is 4. The SMILES string of the molecule is COC(=O)c1c(C)[nH]c(C(=O)C(C#N)=Cc2ccco2)c1C. The number of Topliss-reactive ketones (excluding diaryl/α,β-unsaturated/α-hetero) is 1. The van der Waals surface area contributed by atoms with Crippen molar-refractivity contribution in [2.24, 2.45) is 0 Å². The number of carbonyl (C=O) groups is 2. The number of aromatic nitrogens is 1. The Kier molecular flexibility index (Phi) is 4.28. The summed E-state index contributed by atoms with van der Waals surface area (Å²) >= 11 is 0. The van der Waals surface area contributed by atoms with Crippen molar-refractivity contribution in [2.45, 2.75) is 13.8 Å². The van der Waals surface area contributed by atoms with E-state index >= 15 is 0 Å². The Labute approximate surface area is 127 Å². The van der Waals surface area contributed by atoms with Crippen LogP contribution in [-0.2, 0) is 4.74 Å². The first-order valence-electron chi connectivity index (χ1n) is 6.47. The third kappa shape index (κ3) is 2.69. The lowest BCUT2D eigenvalue weighted by Crippen LogP contribution is -2.06. The lowest BCUT2D eigenvalue weighted by Gasteiger charge is -2.00. The van der Waals surface area contributed by atoms with Crippen LogP contribution in [-0.4, -0.2) is 23.8 Å². The lowest BCUT2D eigenvalue weighted by atomic mass is 10.0. The van der Waals surface area contributed by atoms with Crippen LogP contribution in [0.3, 0.4) is 0 Å². The highest BCUT2D eigenvalue weighted by atomic mass is 16.5. The van der Waals surface area contributed by atoms with E-state index in [0.717, 1.165) is 0 Å². The molecule has 2 aromatic rings. The third-order valence-corrected chi connectivity index (χ3v) is 3.25. The van der Waals surface area contributed by atoms with Gasteiger partial charge in [0.15, 0.2) is 0 Å². The molecular formula is C16H14N2O4. The van der Waals surface area contributed by atoms with Crippen molar-refractivity contribution in [3.05, 3.63) is 52.2 Å². The van der Waals surface area contributed by atoms with Gasteiger partial charge in [0, 0.05) is 11.8 Å². The van der Waals surface area contributed by atoms with Crippen LogP contribution in [0.1, 0.15) is 37.9 Å². The Morgan fingerprint density at radius 3 is 2.68 bits per heavy atom. The van der Waals surface area contributed by atoms with Gasteiger partial charge in [0.1, 0.15) is 17.4 Å². The first-order valence-corrected chi connectivity index (χ1v) is 6.47. The van der Waals surface area contributed by atoms with Crippen molar-refractivity contribution in [3.63, 3.8) is 0 Å². The molecule has 0 atom stereocenters. The van der Waals surface area contributed by atoms with Gasteiger partial charge in [-0.05, 0) is 31.5 Å². The van der Waals surface area contributed by atoms with E-state index in [1.54, 1.807) is 26.0 Å². The molecule has 112 valence electrons. The average Bonchev–Trinajstić information content (AvgIpc) is 3.11. The Morgan fingerprint density at radius 1 is 1.41 bits per heavy atom. The number of esters is 1. The number of carbonyl (C=O) groups excluding carboxylic acids is 2. The zero-order valence-corrected chi connectivity index (χ0v) is 12.4. The average molecular weight is 298 g/mol. The zero-order valence-electron chi connectivity index (χ0n) is 12.4. The molecule has 0 aliphatic rings. The van der Waals surface area contributed by atoms with Gasteiger partial charge in [-0.3, -0.25) is 4.79 Å². The Bertz CT molecular complexity index is 789. The Morgan fingerprint density at radius 2 is 2.14 bits per heavy atom. The van der Waals surface area contributed by atoms with Crippen LogP contribution in [0.15, 0.2) is 28.4 Å². The number of aromatic amines is 1. The third-order valence-electron chi connectivity index (χ3n) is 3.25. The molecule has 2 heterocycles. The molecule has 0 spiro atoms. The number of aryl methyl sites for hydroxylation is 1. The quantitative estimate of drug-likeness (QED) is 0.405. The second kappa shape index (κ2) is 6.14. The second-order valence-electron chi connectivity index (χ2n) is 4.63. The van der Waals surface area contributed by atoms with Crippen LogP contribution < -0.4 is 0 Å². The molecule has 2 rings (SSSR count). The minimum absolute atomic E-state index is 0.0873. The minimum Gasteiger partial charge on any atom is -0.465 e. The Balaban J connectivity index is 2.46. The maximum Gasteiger partial charge on any atom is 0.339 e. The molecule has 6 nitrogen and oxygen atoms in total. The molecular weight excluding hydrogens is 284 g/mol. The molecule has 2 aromatic heterocycles. The van der Waals surface area contributed by atoms with Crippen LogP contribution >= 0.6 is 0 Å². The molecule has 0 aliphatic heterocycles. The van der Waals surface area contributed by atoms with Crippen LogP contribution in [0.25, 0.3) is 6.08 Å². The normalized spacial score (nSPS) is 11.1. The molecule has 0 saturated carbocycles. The summed E-state index contributed by atoms with van der Waals surface area (Å²) in [6, 6.07) is 5.15. The van der Waals surface area contributed by atoms with Crippen molar-refractivity contribution < 1.29 is 18.7 Å². The molecule has 6 heteroatoms. The maximum atomic E-state index is 12.5. The molecule has 0 fully saturated rings. The summed E-state index contributed by atoms with van der Waals surface area (Å²) < 4.78 is 9.80. The first-order chi connectivity index (χ1) is 10.5. The number of nitriles is 1. The number of H-pyrrole nitrogens is 1. The number of nitrogens with zero attached hydrogens (tertiary/aromatic N) is 1. The van der Waals surface area contributed by atoms with Crippen molar-refractivity contribution in [1.29, 1.82) is 5.26 Å². The lowest BCUT2D eigenvalue weighted by molar-refractivity contribution is 0.0599. The van der Waals surface area contributed by atoms with E-state index < -0.39 is 11.8 Å². The molecule has 0 aromatic carbocycles. The smallest absolute Gasteiger partial charge is 0.339 e. The number of methoxy groups -OCH3 is 1. The molecule has 0 unspecified atom stereocenters. The summed E-state index contributed by atoms with van der Waals surface area (Å²) in [6.45, 7) is 3.29. The predicted molar refractivity (Wildman–Crippen MR) is 78.2 cm³/mol. The fraction of sp³-hybridized carbons (Fsp3) is 0.188. The first kappa shape index (κ1) is 15.3. The number of ketones is 1. The summed E-state index contributed by atoms with van der Waals surface area (Å²) in [5.74, 6) is -0.632. The monoisotopic (exact) mass is 298 g/mol. The highest BCUT2D eigenvalue weighted by Gasteiger charge is 2.24. The summed E-state index contributed by atoms with van der Waals surface area (Å²) in [5, 5.41) is 9.19. The van der Waals surface area contributed by atoms with E-state index in [0.29, 0.717) is 22.6 Å². The van der Waals surface area contributed by atoms with E-state index in [1.807, 2.05) is 6.07 Å².